The van der Waals surface area contributed by atoms with Crippen LogP contribution in [0.2, 0.25) is 0 Å². The molecule has 0 spiro atoms. The molecule has 0 bridgehead atoms. The molecule has 0 saturated heterocycles. The number of ether oxygens (including phenoxy) is 1. The summed E-state index contributed by atoms with van der Waals surface area (Å²) in [5.41, 5.74) is 2.07. The Balaban J connectivity index is 1.73. The molecule has 2 amide bonds. The number of para-hydroxylation sites is 1. The number of carbonyl (C=O) groups is 2. The van der Waals surface area contributed by atoms with E-state index in [4.69, 9.17) is 4.74 Å². The van der Waals surface area contributed by atoms with E-state index in [9.17, 15) is 9.59 Å². The van der Waals surface area contributed by atoms with Gasteiger partial charge in [-0.15, -0.1) is 0 Å². The zero-order chi connectivity index (χ0) is 17.6. The van der Waals surface area contributed by atoms with E-state index in [1.54, 1.807) is 24.3 Å². The van der Waals surface area contributed by atoms with Gasteiger partial charge in [0.25, 0.3) is 5.91 Å². The van der Waals surface area contributed by atoms with Gasteiger partial charge in [-0.1, -0.05) is 31.2 Å². The minimum Gasteiger partial charge on any atom is -0.493 e. The van der Waals surface area contributed by atoms with Crippen LogP contribution in [-0.2, 0) is 4.79 Å². The van der Waals surface area contributed by atoms with Gasteiger partial charge < -0.3 is 15.4 Å². The summed E-state index contributed by atoms with van der Waals surface area (Å²) in [5.74, 6) is 0.306. The summed E-state index contributed by atoms with van der Waals surface area (Å²) in [7, 11) is 0. The Kier molecular flexibility index (Phi) is 5.33. The van der Waals surface area contributed by atoms with E-state index < -0.39 is 0 Å². The average Bonchev–Trinajstić information content (AvgIpc) is 2.65. The molecule has 2 aromatic carbocycles. The Labute approximate surface area is 147 Å². The molecule has 5 heteroatoms. The number of benzene rings is 2. The molecule has 1 atom stereocenters. The van der Waals surface area contributed by atoms with Gasteiger partial charge in [-0.25, -0.2) is 0 Å². The van der Waals surface area contributed by atoms with Crippen molar-refractivity contribution in [1.29, 1.82) is 0 Å². The molecule has 0 fully saturated rings. The lowest BCUT2D eigenvalue weighted by Gasteiger charge is -2.25. The molecule has 1 aliphatic heterocycles. The fourth-order valence-electron chi connectivity index (χ4n) is 2.92. The molecular weight excluding hydrogens is 316 g/mol. The summed E-state index contributed by atoms with van der Waals surface area (Å²) in [5, 5.41) is 5.77. The normalized spacial score (nSPS) is 15.6. The van der Waals surface area contributed by atoms with Crippen molar-refractivity contribution in [3.05, 3.63) is 59.7 Å². The van der Waals surface area contributed by atoms with Crippen LogP contribution in [-0.4, -0.2) is 25.0 Å². The molecule has 1 heterocycles. The van der Waals surface area contributed by atoms with E-state index in [1.165, 1.54) is 0 Å². The maximum absolute atomic E-state index is 12.7. The van der Waals surface area contributed by atoms with Gasteiger partial charge >= 0.3 is 0 Å². The average molecular weight is 338 g/mol. The molecule has 1 aliphatic rings. The Morgan fingerprint density at radius 3 is 2.84 bits per heavy atom. The largest absolute Gasteiger partial charge is 0.493 e. The van der Waals surface area contributed by atoms with Crippen molar-refractivity contribution in [2.75, 3.05) is 18.5 Å². The molecule has 0 aromatic heterocycles. The van der Waals surface area contributed by atoms with Crippen LogP contribution >= 0.6 is 0 Å². The highest BCUT2D eigenvalue weighted by Gasteiger charge is 2.27. The Morgan fingerprint density at radius 1 is 1.16 bits per heavy atom. The molecule has 5 nitrogen and oxygen atoms in total. The van der Waals surface area contributed by atoms with Gasteiger partial charge in [0.1, 0.15) is 5.75 Å². The van der Waals surface area contributed by atoms with Crippen LogP contribution < -0.4 is 15.4 Å². The van der Waals surface area contributed by atoms with E-state index in [2.05, 4.69) is 10.6 Å². The predicted molar refractivity (Wildman–Crippen MR) is 97.0 cm³/mol. The standard InChI is InChI=1S/C20H22N2O3/c1-2-11-21-19(23)14-6-5-7-15(13-14)22-20(24)17-10-12-25-18-9-4-3-8-16(17)18/h3-9,13,17H,2,10-12H2,1H3,(H,21,23)(H,22,24). The summed E-state index contributed by atoms with van der Waals surface area (Å²) in [4.78, 5) is 24.8. The van der Waals surface area contributed by atoms with Crippen LogP contribution in [0, 0.1) is 0 Å². The summed E-state index contributed by atoms with van der Waals surface area (Å²) in [6.45, 7) is 3.16. The van der Waals surface area contributed by atoms with Crippen molar-refractivity contribution in [3.8, 4) is 5.75 Å². The smallest absolute Gasteiger partial charge is 0.251 e. The van der Waals surface area contributed by atoms with Crippen LogP contribution in [0.3, 0.4) is 0 Å². The molecule has 2 N–H and O–H groups in total. The summed E-state index contributed by atoms with van der Waals surface area (Å²) < 4.78 is 5.61. The number of anilines is 1. The minimum atomic E-state index is -0.248. The topological polar surface area (TPSA) is 67.4 Å². The first-order chi connectivity index (χ1) is 12.2. The van der Waals surface area contributed by atoms with E-state index in [0.29, 0.717) is 30.8 Å². The molecule has 1 unspecified atom stereocenters. The second kappa shape index (κ2) is 7.83. The van der Waals surface area contributed by atoms with E-state index in [1.807, 2.05) is 31.2 Å². The van der Waals surface area contributed by atoms with Crippen molar-refractivity contribution in [2.45, 2.75) is 25.7 Å². The van der Waals surface area contributed by atoms with Crippen molar-refractivity contribution in [2.24, 2.45) is 0 Å². The van der Waals surface area contributed by atoms with E-state index in [-0.39, 0.29) is 17.7 Å². The third-order valence-corrected chi connectivity index (χ3v) is 4.20. The third kappa shape index (κ3) is 3.99. The Morgan fingerprint density at radius 2 is 2.00 bits per heavy atom. The van der Waals surface area contributed by atoms with Crippen LogP contribution in [0.15, 0.2) is 48.5 Å². The van der Waals surface area contributed by atoms with Gasteiger partial charge in [-0.2, -0.15) is 0 Å². The second-order valence-corrected chi connectivity index (χ2v) is 6.05. The van der Waals surface area contributed by atoms with Gasteiger partial charge in [0.05, 0.1) is 12.5 Å². The number of hydrogen-bond donors (Lipinski definition) is 2. The fourth-order valence-corrected chi connectivity index (χ4v) is 2.92. The highest BCUT2D eigenvalue weighted by atomic mass is 16.5. The maximum atomic E-state index is 12.7. The van der Waals surface area contributed by atoms with Crippen molar-refractivity contribution >= 4 is 17.5 Å². The molecule has 3 rings (SSSR count). The number of hydrogen-bond acceptors (Lipinski definition) is 3. The SMILES string of the molecule is CCCNC(=O)c1cccc(NC(=O)C2CCOc3ccccc32)c1. The zero-order valence-electron chi connectivity index (χ0n) is 14.2. The summed E-state index contributed by atoms with van der Waals surface area (Å²) >= 11 is 0. The van der Waals surface area contributed by atoms with Gasteiger partial charge in [0, 0.05) is 23.4 Å². The number of carbonyl (C=O) groups excluding carboxylic acids is 2. The molecule has 130 valence electrons. The molecule has 0 saturated carbocycles. The van der Waals surface area contributed by atoms with Crippen molar-refractivity contribution in [1.82, 2.24) is 5.32 Å². The first-order valence-corrected chi connectivity index (χ1v) is 8.60. The van der Waals surface area contributed by atoms with Gasteiger partial charge in [-0.05, 0) is 37.1 Å². The maximum Gasteiger partial charge on any atom is 0.251 e. The fraction of sp³-hybridized carbons (Fsp3) is 0.300. The number of nitrogens with one attached hydrogen (secondary N) is 2. The van der Waals surface area contributed by atoms with E-state index >= 15 is 0 Å². The monoisotopic (exact) mass is 338 g/mol. The first-order valence-electron chi connectivity index (χ1n) is 8.60. The molecule has 2 aromatic rings. The highest BCUT2D eigenvalue weighted by molar-refractivity contribution is 5.99. The first kappa shape index (κ1) is 17.0. The number of rotatable bonds is 5. The Hall–Kier alpha value is -2.82. The lowest BCUT2D eigenvalue weighted by molar-refractivity contribution is -0.118. The van der Waals surface area contributed by atoms with Crippen molar-refractivity contribution < 1.29 is 14.3 Å². The molecular formula is C20H22N2O3. The lowest BCUT2D eigenvalue weighted by atomic mass is 9.92. The van der Waals surface area contributed by atoms with Gasteiger partial charge in [-0.3, -0.25) is 9.59 Å². The second-order valence-electron chi connectivity index (χ2n) is 6.05. The van der Waals surface area contributed by atoms with Crippen molar-refractivity contribution in [3.63, 3.8) is 0 Å². The van der Waals surface area contributed by atoms with Crippen LogP contribution in [0.25, 0.3) is 0 Å². The van der Waals surface area contributed by atoms with E-state index in [0.717, 1.165) is 17.7 Å². The molecule has 0 radical (unpaired) electrons. The van der Waals surface area contributed by atoms with Gasteiger partial charge in [0.2, 0.25) is 5.91 Å². The number of amides is 2. The molecule has 0 aliphatic carbocycles. The van der Waals surface area contributed by atoms with Crippen LogP contribution in [0.5, 0.6) is 5.75 Å². The van der Waals surface area contributed by atoms with Gasteiger partial charge in [0.15, 0.2) is 0 Å². The predicted octanol–water partition coefficient (Wildman–Crippen LogP) is 3.33. The lowest BCUT2D eigenvalue weighted by Crippen LogP contribution is -2.27. The number of fused-ring (bicyclic) bond motifs is 1. The third-order valence-electron chi connectivity index (χ3n) is 4.20. The van der Waals surface area contributed by atoms with Crippen LogP contribution in [0.1, 0.15) is 41.6 Å². The highest BCUT2D eigenvalue weighted by Crippen LogP contribution is 2.34. The van der Waals surface area contributed by atoms with Crippen LogP contribution in [0.4, 0.5) is 5.69 Å². The quantitative estimate of drug-likeness (QED) is 0.879. The minimum absolute atomic E-state index is 0.0816. The Bertz CT molecular complexity index is 773. The summed E-state index contributed by atoms with van der Waals surface area (Å²) in [6.07, 6.45) is 1.52. The molecule has 25 heavy (non-hydrogen) atoms. The summed E-state index contributed by atoms with van der Waals surface area (Å²) in [6, 6.07) is 14.6. The zero-order valence-corrected chi connectivity index (χ0v) is 14.2.